The Bertz CT molecular complexity index is 174. The number of ether oxygens (including phenoxy) is 1. The lowest BCUT2D eigenvalue weighted by molar-refractivity contribution is -0.146. The molecule has 0 aromatic heterocycles. The lowest BCUT2D eigenvalue weighted by Gasteiger charge is -2.11. The van der Waals surface area contributed by atoms with Gasteiger partial charge in [-0.1, -0.05) is 12.8 Å². The van der Waals surface area contributed by atoms with Gasteiger partial charge < -0.3 is 10.1 Å². The van der Waals surface area contributed by atoms with Gasteiger partial charge in [0.05, 0.1) is 12.6 Å². The van der Waals surface area contributed by atoms with E-state index in [1.165, 1.54) is 25.7 Å². The van der Waals surface area contributed by atoms with Crippen molar-refractivity contribution in [1.82, 2.24) is 5.32 Å². The number of nitrogens with one attached hydrogen (secondary N) is 1. The van der Waals surface area contributed by atoms with E-state index in [1.54, 1.807) is 0 Å². The van der Waals surface area contributed by atoms with Gasteiger partial charge in [-0.2, -0.15) is 0 Å². The first-order valence-corrected chi connectivity index (χ1v) is 5.58. The zero-order valence-electron chi connectivity index (χ0n) is 9.21. The first-order valence-electron chi connectivity index (χ1n) is 5.58. The number of esters is 1. The molecule has 0 radical (unpaired) electrons. The molecule has 1 rings (SSSR count). The molecule has 82 valence electrons. The molecule has 0 bridgehead atoms. The standard InChI is InChI=1S/C11H21NO2/c1-9(2)14-11(13)8-12-7-10-5-3-4-6-10/h9-10,12H,3-8H2,1-2H3. The normalized spacial score (nSPS) is 17.6. The Kier molecular flexibility index (Phi) is 4.94. The molecule has 14 heavy (non-hydrogen) atoms. The van der Waals surface area contributed by atoms with Crippen molar-refractivity contribution in [1.29, 1.82) is 0 Å². The van der Waals surface area contributed by atoms with E-state index in [1.807, 2.05) is 13.8 Å². The summed E-state index contributed by atoms with van der Waals surface area (Å²) in [6.45, 7) is 5.06. The molecule has 3 heteroatoms. The van der Waals surface area contributed by atoms with Crippen molar-refractivity contribution < 1.29 is 9.53 Å². The summed E-state index contributed by atoms with van der Waals surface area (Å²) in [4.78, 5) is 11.1. The highest BCUT2D eigenvalue weighted by Gasteiger charge is 2.14. The fourth-order valence-electron chi connectivity index (χ4n) is 1.90. The Labute approximate surface area is 86.2 Å². The third-order valence-corrected chi connectivity index (χ3v) is 2.54. The molecule has 0 heterocycles. The van der Waals surface area contributed by atoms with Crippen LogP contribution in [0.15, 0.2) is 0 Å². The first-order chi connectivity index (χ1) is 6.68. The monoisotopic (exact) mass is 199 g/mol. The van der Waals surface area contributed by atoms with Gasteiger partial charge in [-0.05, 0) is 39.2 Å². The molecule has 0 aromatic carbocycles. The first kappa shape index (κ1) is 11.5. The van der Waals surface area contributed by atoms with E-state index in [4.69, 9.17) is 4.74 Å². The van der Waals surface area contributed by atoms with Gasteiger partial charge in [-0.15, -0.1) is 0 Å². The molecular formula is C11H21NO2. The molecule has 0 saturated heterocycles. The van der Waals surface area contributed by atoms with Gasteiger partial charge >= 0.3 is 5.97 Å². The SMILES string of the molecule is CC(C)OC(=O)CNCC1CCCC1. The Morgan fingerprint density at radius 3 is 2.64 bits per heavy atom. The van der Waals surface area contributed by atoms with Crippen LogP contribution < -0.4 is 5.32 Å². The van der Waals surface area contributed by atoms with Gasteiger partial charge in [-0.3, -0.25) is 4.79 Å². The van der Waals surface area contributed by atoms with Crippen molar-refractivity contribution in [3.8, 4) is 0 Å². The van der Waals surface area contributed by atoms with E-state index in [2.05, 4.69) is 5.32 Å². The zero-order chi connectivity index (χ0) is 10.4. The molecule has 0 spiro atoms. The summed E-state index contributed by atoms with van der Waals surface area (Å²) in [6.07, 6.45) is 5.32. The van der Waals surface area contributed by atoms with Crippen LogP contribution >= 0.6 is 0 Å². The van der Waals surface area contributed by atoms with Crippen LogP contribution in [0.1, 0.15) is 39.5 Å². The minimum atomic E-state index is -0.141. The van der Waals surface area contributed by atoms with Crippen molar-refractivity contribution in [3.05, 3.63) is 0 Å². The van der Waals surface area contributed by atoms with E-state index in [0.29, 0.717) is 6.54 Å². The molecule has 0 unspecified atom stereocenters. The molecule has 1 aliphatic rings. The fraction of sp³-hybridized carbons (Fsp3) is 0.909. The summed E-state index contributed by atoms with van der Waals surface area (Å²) in [7, 11) is 0. The lowest BCUT2D eigenvalue weighted by atomic mass is 10.1. The van der Waals surface area contributed by atoms with Gasteiger partial charge in [0.15, 0.2) is 0 Å². The second-order valence-electron chi connectivity index (χ2n) is 4.32. The fourth-order valence-corrected chi connectivity index (χ4v) is 1.90. The van der Waals surface area contributed by atoms with Crippen LogP contribution in [-0.4, -0.2) is 25.2 Å². The number of hydrogen-bond acceptors (Lipinski definition) is 3. The van der Waals surface area contributed by atoms with Crippen molar-refractivity contribution in [2.24, 2.45) is 5.92 Å². The van der Waals surface area contributed by atoms with Gasteiger partial charge in [0, 0.05) is 0 Å². The molecule has 1 fully saturated rings. The average Bonchev–Trinajstić information content (AvgIpc) is 2.55. The average molecular weight is 199 g/mol. The van der Waals surface area contributed by atoms with Crippen LogP contribution in [0.5, 0.6) is 0 Å². The van der Waals surface area contributed by atoms with Gasteiger partial charge in [-0.25, -0.2) is 0 Å². The lowest BCUT2D eigenvalue weighted by Crippen LogP contribution is -2.29. The van der Waals surface area contributed by atoms with Crippen molar-refractivity contribution in [2.45, 2.75) is 45.6 Å². The number of rotatable bonds is 5. The van der Waals surface area contributed by atoms with Gasteiger partial charge in [0.25, 0.3) is 0 Å². The zero-order valence-corrected chi connectivity index (χ0v) is 9.21. The second-order valence-corrected chi connectivity index (χ2v) is 4.32. The van der Waals surface area contributed by atoms with Crippen LogP contribution in [0.3, 0.4) is 0 Å². The Balaban J connectivity index is 1.99. The highest BCUT2D eigenvalue weighted by atomic mass is 16.5. The predicted molar refractivity (Wildman–Crippen MR) is 56.1 cm³/mol. The Hall–Kier alpha value is -0.570. The highest BCUT2D eigenvalue weighted by molar-refractivity contribution is 5.71. The van der Waals surface area contributed by atoms with Crippen molar-refractivity contribution >= 4 is 5.97 Å². The predicted octanol–water partition coefficient (Wildman–Crippen LogP) is 1.72. The smallest absolute Gasteiger partial charge is 0.320 e. The molecule has 1 saturated carbocycles. The third kappa shape index (κ3) is 4.61. The van der Waals surface area contributed by atoms with Crippen LogP contribution in [-0.2, 0) is 9.53 Å². The van der Waals surface area contributed by atoms with Crippen LogP contribution in [0, 0.1) is 5.92 Å². The van der Waals surface area contributed by atoms with Gasteiger partial charge in [0.2, 0.25) is 0 Å². The van der Waals surface area contributed by atoms with Crippen molar-refractivity contribution in [3.63, 3.8) is 0 Å². The van der Waals surface area contributed by atoms with E-state index in [9.17, 15) is 4.79 Å². The van der Waals surface area contributed by atoms with Crippen LogP contribution in [0.25, 0.3) is 0 Å². The minimum absolute atomic E-state index is 0.00391. The highest BCUT2D eigenvalue weighted by Crippen LogP contribution is 2.23. The van der Waals surface area contributed by atoms with Crippen LogP contribution in [0.2, 0.25) is 0 Å². The minimum Gasteiger partial charge on any atom is -0.462 e. The maximum atomic E-state index is 11.1. The van der Waals surface area contributed by atoms with E-state index in [0.717, 1.165) is 12.5 Å². The maximum absolute atomic E-state index is 11.1. The summed E-state index contributed by atoms with van der Waals surface area (Å²) >= 11 is 0. The quantitative estimate of drug-likeness (QED) is 0.685. The van der Waals surface area contributed by atoms with E-state index >= 15 is 0 Å². The molecule has 0 aromatic rings. The summed E-state index contributed by atoms with van der Waals surface area (Å²) in [6, 6.07) is 0. The summed E-state index contributed by atoms with van der Waals surface area (Å²) in [5, 5.41) is 3.16. The Morgan fingerprint density at radius 2 is 2.07 bits per heavy atom. The van der Waals surface area contributed by atoms with Crippen molar-refractivity contribution in [2.75, 3.05) is 13.1 Å². The number of carbonyl (C=O) groups excluding carboxylic acids is 1. The van der Waals surface area contributed by atoms with E-state index in [-0.39, 0.29) is 12.1 Å². The maximum Gasteiger partial charge on any atom is 0.320 e. The molecule has 3 nitrogen and oxygen atoms in total. The number of carbonyl (C=O) groups is 1. The molecule has 1 aliphatic carbocycles. The third-order valence-electron chi connectivity index (χ3n) is 2.54. The molecule has 0 amide bonds. The van der Waals surface area contributed by atoms with Gasteiger partial charge in [0.1, 0.15) is 0 Å². The van der Waals surface area contributed by atoms with Crippen LogP contribution in [0.4, 0.5) is 0 Å². The molecule has 0 aliphatic heterocycles. The Morgan fingerprint density at radius 1 is 1.43 bits per heavy atom. The topological polar surface area (TPSA) is 38.3 Å². The largest absolute Gasteiger partial charge is 0.462 e. The molecule has 1 N–H and O–H groups in total. The summed E-state index contributed by atoms with van der Waals surface area (Å²) in [5.74, 6) is 0.639. The molecular weight excluding hydrogens is 178 g/mol. The second kappa shape index (κ2) is 6.02. The van der Waals surface area contributed by atoms with E-state index < -0.39 is 0 Å². The summed E-state index contributed by atoms with van der Waals surface area (Å²) in [5.41, 5.74) is 0. The molecule has 0 atom stereocenters. The number of hydrogen-bond donors (Lipinski definition) is 1. The summed E-state index contributed by atoms with van der Waals surface area (Å²) < 4.78 is 5.01.